The summed E-state index contributed by atoms with van der Waals surface area (Å²) in [6, 6.07) is 5.39. The zero-order valence-electron chi connectivity index (χ0n) is 9.92. The average Bonchev–Trinajstić information content (AvgIpc) is 2.82. The maximum atomic E-state index is 12.2. The number of fused-ring (bicyclic) bond motifs is 1. The second-order valence-corrected chi connectivity index (χ2v) is 4.09. The highest BCUT2D eigenvalue weighted by Gasteiger charge is 2.12. The molecule has 0 unspecified atom stereocenters. The van der Waals surface area contributed by atoms with E-state index in [1.54, 1.807) is 18.3 Å². The number of hydrogen-bond donors (Lipinski definition) is 3. The Morgan fingerprint density at radius 2 is 2.05 bits per heavy atom. The molecule has 0 saturated carbocycles. The topological polar surface area (TPSA) is 96.7 Å². The van der Waals surface area contributed by atoms with Crippen molar-refractivity contribution >= 4 is 28.2 Å². The minimum Gasteiger partial charge on any atom is -0.399 e. The number of aromatic amines is 1. The van der Waals surface area contributed by atoms with Crippen LogP contribution in [-0.4, -0.2) is 20.9 Å². The average molecular weight is 253 g/mol. The number of amides is 1. The second kappa shape index (κ2) is 4.41. The van der Waals surface area contributed by atoms with Gasteiger partial charge in [-0.1, -0.05) is 0 Å². The van der Waals surface area contributed by atoms with Gasteiger partial charge in [0.25, 0.3) is 5.91 Å². The smallest absolute Gasteiger partial charge is 0.257 e. The van der Waals surface area contributed by atoms with Crippen LogP contribution in [-0.2, 0) is 0 Å². The van der Waals surface area contributed by atoms with Gasteiger partial charge < -0.3 is 16.0 Å². The first kappa shape index (κ1) is 11.2. The number of H-pyrrole nitrogens is 1. The molecule has 0 fully saturated rings. The molecule has 1 amide bonds. The summed E-state index contributed by atoms with van der Waals surface area (Å²) < 4.78 is 0. The molecular weight excluding hydrogens is 242 g/mol. The van der Waals surface area contributed by atoms with Gasteiger partial charge in [0, 0.05) is 22.8 Å². The minimum absolute atomic E-state index is 0.230. The lowest BCUT2D eigenvalue weighted by Gasteiger charge is -2.03. The molecule has 0 aliphatic carbocycles. The molecule has 3 rings (SSSR count). The Bertz CT molecular complexity index is 735. The first-order valence-corrected chi connectivity index (χ1v) is 5.67. The van der Waals surface area contributed by atoms with Crippen LogP contribution < -0.4 is 11.1 Å². The molecule has 0 saturated heterocycles. The highest BCUT2D eigenvalue weighted by molar-refractivity contribution is 6.13. The van der Waals surface area contributed by atoms with Gasteiger partial charge in [-0.05, 0) is 18.2 Å². The van der Waals surface area contributed by atoms with E-state index in [0.717, 1.165) is 10.9 Å². The van der Waals surface area contributed by atoms with Crippen molar-refractivity contribution in [3.63, 3.8) is 0 Å². The molecule has 6 nitrogen and oxygen atoms in total. The molecule has 1 aromatic carbocycles. The maximum absolute atomic E-state index is 12.2. The summed E-state index contributed by atoms with van der Waals surface area (Å²) >= 11 is 0. The molecule has 4 N–H and O–H groups in total. The fourth-order valence-corrected chi connectivity index (χ4v) is 1.89. The van der Waals surface area contributed by atoms with E-state index < -0.39 is 0 Å². The summed E-state index contributed by atoms with van der Waals surface area (Å²) in [5.41, 5.74) is 8.30. The molecule has 19 heavy (non-hydrogen) atoms. The maximum Gasteiger partial charge on any atom is 0.257 e. The first-order valence-electron chi connectivity index (χ1n) is 5.67. The van der Waals surface area contributed by atoms with Crippen LogP contribution in [0.1, 0.15) is 10.4 Å². The van der Waals surface area contributed by atoms with Crippen molar-refractivity contribution in [2.45, 2.75) is 0 Å². The summed E-state index contributed by atoms with van der Waals surface area (Å²) in [5, 5.41) is 3.52. The Hall–Kier alpha value is -2.89. The number of nitrogens with one attached hydrogen (secondary N) is 2. The number of nitrogen functional groups attached to an aromatic ring is 1. The number of nitrogens with zero attached hydrogens (tertiary/aromatic N) is 2. The molecular formula is C13H11N5O. The van der Waals surface area contributed by atoms with Crippen molar-refractivity contribution in [2.75, 3.05) is 11.1 Å². The Morgan fingerprint density at radius 3 is 2.84 bits per heavy atom. The van der Waals surface area contributed by atoms with E-state index in [0.29, 0.717) is 16.9 Å². The third kappa shape index (κ3) is 2.11. The molecule has 0 atom stereocenters. The molecule has 6 heteroatoms. The predicted molar refractivity (Wildman–Crippen MR) is 72.7 cm³/mol. The highest BCUT2D eigenvalue weighted by atomic mass is 16.1. The summed E-state index contributed by atoms with van der Waals surface area (Å²) in [5.74, 6) is -0.230. The zero-order chi connectivity index (χ0) is 13.2. The van der Waals surface area contributed by atoms with E-state index in [9.17, 15) is 4.79 Å². The van der Waals surface area contributed by atoms with E-state index >= 15 is 0 Å². The summed E-state index contributed by atoms with van der Waals surface area (Å²) in [7, 11) is 0. The number of aromatic nitrogens is 3. The molecule has 94 valence electrons. The lowest BCUT2D eigenvalue weighted by Crippen LogP contribution is -2.11. The fourth-order valence-electron chi connectivity index (χ4n) is 1.89. The third-order valence-electron chi connectivity index (χ3n) is 2.77. The van der Waals surface area contributed by atoms with Crippen LogP contribution in [0.5, 0.6) is 0 Å². The molecule has 0 bridgehead atoms. The van der Waals surface area contributed by atoms with E-state index in [1.807, 2.05) is 6.07 Å². The van der Waals surface area contributed by atoms with Crippen LogP contribution in [0, 0.1) is 0 Å². The highest BCUT2D eigenvalue weighted by Crippen LogP contribution is 2.21. The molecule has 0 aliphatic heterocycles. The number of hydrogen-bond acceptors (Lipinski definition) is 4. The summed E-state index contributed by atoms with van der Waals surface area (Å²) in [6.45, 7) is 0. The molecule has 0 spiro atoms. The Kier molecular flexibility index (Phi) is 2.60. The molecule has 2 aromatic heterocycles. The number of rotatable bonds is 2. The Labute approximate surface area is 108 Å². The standard InChI is InChI=1S/C13H11N5O/c14-8-1-2-12-10(3-8)11(6-17-12)13(19)18-9-4-15-7-16-5-9/h1-7,17H,14H2,(H,18,19). The van der Waals surface area contributed by atoms with Crippen molar-refractivity contribution in [2.24, 2.45) is 0 Å². The van der Waals surface area contributed by atoms with Crippen LogP contribution in [0.25, 0.3) is 10.9 Å². The van der Waals surface area contributed by atoms with Gasteiger partial charge in [-0.3, -0.25) is 4.79 Å². The number of anilines is 2. The zero-order valence-corrected chi connectivity index (χ0v) is 9.92. The Balaban J connectivity index is 1.96. The largest absolute Gasteiger partial charge is 0.399 e. The van der Waals surface area contributed by atoms with Crippen molar-refractivity contribution in [3.8, 4) is 0 Å². The van der Waals surface area contributed by atoms with Crippen molar-refractivity contribution in [1.29, 1.82) is 0 Å². The molecule has 0 radical (unpaired) electrons. The number of benzene rings is 1. The SMILES string of the molecule is Nc1ccc2[nH]cc(C(=O)Nc3cncnc3)c2c1. The number of carbonyl (C=O) groups excluding carboxylic acids is 1. The minimum atomic E-state index is -0.230. The summed E-state index contributed by atoms with van der Waals surface area (Å²) in [4.78, 5) is 22.9. The molecule has 3 aromatic rings. The van der Waals surface area contributed by atoms with Crippen molar-refractivity contribution in [1.82, 2.24) is 15.0 Å². The summed E-state index contributed by atoms with van der Waals surface area (Å²) in [6.07, 6.45) is 6.13. The van der Waals surface area contributed by atoms with Crippen molar-refractivity contribution < 1.29 is 4.79 Å². The van der Waals surface area contributed by atoms with Gasteiger partial charge >= 0.3 is 0 Å². The van der Waals surface area contributed by atoms with Gasteiger partial charge in [-0.25, -0.2) is 9.97 Å². The van der Waals surface area contributed by atoms with E-state index in [-0.39, 0.29) is 5.91 Å². The van der Waals surface area contributed by atoms with Crippen LogP contribution in [0.2, 0.25) is 0 Å². The van der Waals surface area contributed by atoms with Gasteiger partial charge in [0.15, 0.2) is 0 Å². The van der Waals surface area contributed by atoms with Gasteiger partial charge in [0.1, 0.15) is 6.33 Å². The Morgan fingerprint density at radius 1 is 1.26 bits per heavy atom. The van der Waals surface area contributed by atoms with Crippen LogP contribution in [0.4, 0.5) is 11.4 Å². The lowest BCUT2D eigenvalue weighted by atomic mass is 10.1. The van der Waals surface area contributed by atoms with Crippen LogP contribution >= 0.6 is 0 Å². The van der Waals surface area contributed by atoms with Gasteiger partial charge in [0.2, 0.25) is 0 Å². The van der Waals surface area contributed by atoms with Gasteiger partial charge in [0.05, 0.1) is 23.6 Å². The quantitative estimate of drug-likeness (QED) is 0.606. The second-order valence-electron chi connectivity index (χ2n) is 4.09. The lowest BCUT2D eigenvalue weighted by molar-refractivity contribution is 0.102. The van der Waals surface area contributed by atoms with E-state index in [1.165, 1.54) is 18.7 Å². The fraction of sp³-hybridized carbons (Fsp3) is 0. The van der Waals surface area contributed by atoms with Crippen LogP contribution in [0.15, 0.2) is 43.1 Å². The number of carbonyl (C=O) groups is 1. The first-order chi connectivity index (χ1) is 9.24. The molecule has 0 aliphatic rings. The number of nitrogens with two attached hydrogens (primary N) is 1. The monoisotopic (exact) mass is 253 g/mol. The predicted octanol–water partition coefficient (Wildman–Crippen LogP) is 1.79. The van der Waals surface area contributed by atoms with Crippen molar-refractivity contribution in [3.05, 3.63) is 48.7 Å². The van der Waals surface area contributed by atoms with Crippen LogP contribution in [0.3, 0.4) is 0 Å². The molecule has 2 heterocycles. The normalized spacial score (nSPS) is 10.5. The third-order valence-corrected chi connectivity index (χ3v) is 2.77. The van der Waals surface area contributed by atoms with E-state index in [4.69, 9.17) is 5.73 Å². The van der Waals surface area contributed by atoms with Gasteiger partial charge in [-0.15, -0.1) is 0 Å². The van der Waals surface area contributed by atoms with Gasteiger partial charge in [-0.2, -0.15) is 0 Å². The van der Waals surface area contributed by atoms with E-state index in [2.05, 4.69) is 20.3 Å².